The lowest BCUT2D eigenvalue weighted by Crippen LogP contribution is -2.23. The number of nitriles is 1. The molecular formula is C12H18N2O. The smallest absolute Gasteiger partial charge is 0.180 e. The van der Waals surface area contributed by atoms with Crippen molar-refractivity contribution in [1.82, 2.24) is 4.90 Å². The standard InChI is InChI=1S/C12H18N2O/c1-12(2,3)11(15)10(8-13)9-14-6-4-5-7-14/h9H,4-7H2,1-3H3/b10-9+. The predicted molar refractivity (Wildman–Crippen MR) is 59.0 cm³/mol. The molecule has 0 atom stereocenters. The van der Waals surface area contributed by atoms with Crippen LogP contribution < -0.4 is 0 Å². The minimum atomic E-state index is -0.471. The summed E-state index contributed by atoms with van der Waals surface area (Å²) in [6, 6.07) is 2.01. The zero-order valence-electron chi connectivity index (χ0n) is 9.71. The van der Waals surface area contributed by atoms with Gasteiger partial charge in [0.1, 0.15) is 11.6 Å². The molecule has 82 valence electrons. The van der Waals surface area contributed by atoms with Gasteiger partial charge in [0, 0.05) is 24.7 Å². The van der Waals surface area contributed by atoms with Crippen LogP contribution in [-0.2, 0) is 4.79 Å². The number of carbonyl (C=O) groups is 1. The van der Waals surface area contributed by atoms with Gasteiger partial charge < -0.3 is 4.90 Å². The topological polar surface area (TPSA) is 44.1 Å². The normalized spacial score (nSPS) is 17.7. The van der Waals surface area contributed by atoms with Crippen molar-refractivity contribution >= 4 is 5.78 Å². The van der Waals surface area contributed by atoms with Crippen LogP contribution in [0, 0.1) is 16.7 Å². The highest BCUT2D eigenvalue weighted by molar-refractivity contribution is 6.02. The molecule has 1 rings (SSSR count). The summed E-state index contributed by atoms with van der Waals surface area (Å²) in [4.78, 5) is 13.9. The summed E-state index contributed by atoms with van der Waals surface area (Å²) < 4.78 is 0. The van der Waals surface area contributed by atoms with E-state index in [2.05, 4.69) is 4.90 Å². The molecule has 0 spiro atoms. The van der Waals surface area contributed by atoms with E-state index in [1.54, 1.807) is 6.20 Å². The van der Waals surface area contributed by atoms with Crippen LogP contribution in [0.25, 0.3) is 0 Å². The van der Waals surface area contributed by atoms with E-state index in [4.69, 9.17) is 5.26 Å². The maximum Gasteiger partial charge on any atom is 0.180 e. The summed E-state index contributed by atoms with van der Waals surface area (Å²) in [6.07, 6.45) is 4.03. The van der Waals surface area contributed by atoms with Crippen molar-refractivity contribution in [2.24, 2.45) is 5.41 Å². The second-order valence-electron chi connectivity index (χ2n) is 4.98. The minimum Gasteiger partial charge on any atom is -0.376 e. The van der Waals surface area contributed by atoms with Crippen LogP contribution in [-0.4, -0.2) is 23.8 Å². The molecule has 0 aromatic rings. The second-order valence-corrected chi connectivity index (χ2v) is 4.98. The Morgan fingerprint density at radius 3 is 2.27 bits per heavy atom. The molecular weight excluding hydrogens is 188 g/mol. The SMILES string of the molecule is CC(C)(C)C(=O)/C(C#N)=C/N1CCCC1. The molecule has 0 radical (unpaired) electrons. The molecule has 15 heavy (non-hydrogen) atoms. The monoisotopic (exact) mass is 206 g/mol. The van der Waals surface area contributed by atoms with Crippen molar-refractivity contribution < 1.29 is 4.79 Å². The molecule has 0 N–H and O–H groups in total. The Balaban J connectivity index is 2.80. The van der Waals surface area contributed by atoms with Gasteiger partial charge in [0.05, 0.1) is 0 Å². The van der Waals surface area contributed by atoms with Crippen LogP contribution in [0.3, 0.4) is 0 Å². The lowest BCUT2D eigenvalue weighted by molar-refractivity contribution is -0.122. The van der Waals surface area contributed by atoms with Crippen molar-refractivity contribution in [2.45, 2.75) is 33.6 Å². The fourth-order valence-electron chi connectivity index (χ4n) is 1.60. The Labute approximate surface area is 91.4 Å². The van der Waals surface area contributed by atoms with Gasteiger partial charge in [-0.25, -0.2) is 0 Å². The van der Waals surface area contributed by atoms with Gasteiger partial charge in [0.25, 0.3) is 0 Å². The Morgan fingerprint density at radius 1 is 1.33 bits per heavy atom. The Bertz CT molecular complexity index is 311. The average molecular weight is 206 g/mol. The van der Waals surface area contributed by atoms with E-state index in [0.29, 0.717) is 0 Å². The van der Waals surface area contributed by atoms with E-state index in [0.717, 1.165) is 25.9 Å². The molecule has 0 amide bonds. The van der Waals surface area contributed by atoms with Crippen LogP contribution in [0.2, 0.25) is 0 Å². The number of rotatable bonds is 2. The minimum absolute atomic E-state index is 0.0723. The van der Waals surface area contributed by atoms with Gasteiger partial charge in [-0.2, -0.15) is 5.26 Å². The first-order valence-electron chi connectivity index (χ1n) is 5.36. The number of carbonyl (C=O) groups excluding carboxylic acids is 1. The average Bonchev–Trinajstić information content (AvgIpc) is 2.64. The Kier molecular flexibility index (Phi) is 3.52. The molecule has 1 saturated heterocycles. The number of allylic oxidation sites excluding steroid dienone is 1. The molecule has 1 aliphatic rings. The first kappa shape index (κ1) is 11.8. The third kappa shape index (κ3) is 3.09. The molecule has 3 heteroatoms. The van der Waals surface area contributed by atoms with E-state index in [1.807, 2.05) is 26.8 Å². The maximum absolute atomic E-state index is 11.9. The van der Waals surface area contributed by atoms with Gasteiger partial charge in [-0.3, -0.25) is 4.79 Å². The molecule has 0 aliphatic carbocycles. The number of Topliss-reactive ketones (excluding diaryl/α,β-unsaturated/α-hetero) is 1. The molecule has 3 nitrogen and oxygen atoms in total. The highest BCUT2D eigenvalue weighted by Crippen LogP contribution is 2.20. The first-order valence-corrected chi connectivity index (χ1v) is 5.36. The van der Waals surface area contributed by atoms with Gasteiger partial charge >= 0.3 is 0 Å². The fourth-order valence-corrected chi connectivity index (χ4v) is 1.60. The Morgan fingerprint density at radius 2 is 1.87 bits per heavy atom. The quantitative estimate of drug-likeness (QED) is 0.513. The summed E-state index contributed by atoms with van der Waals surface area (Å²) >= 11 is 0. The summed E-state index contributed by atoms with van der Waals surface area (Å²) in [7, 11) is 0. The van der Waals surface area contributed by atoms with Crippen LogP contribution in [0.1, 0.15) is 33.6 Å². The lowest BCUT2D eigenvalue weighted by atomic mass is 9.87. The van der Waals surface area contributed by atoms with Gasteiger partial charge in [-0.05, 0) is 12.8 Å². The van der Waals surface area contributed by atoms with Crippen molar-refractivity contribution in [1.29, 1.82) is 5.26 Å². The van der Waals surface area contributed by atoms with Crippen LogP contribution in [0.4, 0.5) is 0 Å². The third-order valence-electron chi connectivity index (χ3n) is 2.50. The van der Waals surface area contributed by atoms with Crippen LogP contribution >= 0.6 is 0 Å². The third-order valence-corrected chi connectivity index (χ3v) is 2.50. The first-order chi connectivity index (χ1) is 6.95. The number of likely N-dealkylation sites (tertiary alicyclic amines) is 1. The van der Waals surface area contributed by atoms with Gasteiger partial charge in [0.15, 0.2) is 5.78 Å². The van der Waals surface area contributed by atoms with Crippen molar-refractivity contribution in [3.05, 3.63) is 11.8 Å². The van der Waals surface area contributed by atoms with E-state index in [-0.39, 0.29) is 11.4 Å². The van der Waals surface area contributed by atoms with Crippen molar-refractivity contribution in [3.63, 3.8) is 0 Å². The molecule has 0 aromatic carbocycles. The second kappa shape index (κ2) is 4.48. The highest BCUT2D eigenvalue weighted by Gasteiger charge is 2.25. The molecule has 1 aliphatic heterocycles. The lowest BCUT2D eigenvalue weighted by Gasteiger charge is -2.17. The van der Waals surface area contributed by atoms with Crippen LogP contribution in [0.15, 0.2) is 11.8 Å². The van der Waals surface area contributed by atoms with Gasteiger partial charge in [-0.1, -0.05) is 20.8 Å². The molecule has 0 saturated carbocycles. The van der Waals surface area contributed by atoms with Crippen LogP contribution in [0.5, 0.6) is 0 Å². The molecule has 0 unspecified atom stereocenters. The molecule has 1 fully saturated rings. The summed E-state index contributed by atoms with van der Waals surface area (Å²) in [6.45, 7) is 7.44. The Hall–Kier alpha value is -1.30. The molecule has 0 aromatic heterocycles. The number of ketones is 1. The number of nitrogens with zero attached hydrogens (tertiary/aromatic N) is 2. The van der Waals surface area contributed by atoms with Crippen molar-refractivity contribution in [2.75, 3.05) is 13.1 Å². The number of hydrogen-bond donors (Lipinski definition) is 0. The van der Waals surface area contributed by atoms with Gasteiger partial charge in [-0.15, -0.1) is 0 Å². The highest BCUT2D eigenvalue weighted by atomic mass is 16.1. The zero-order valence-corrected chi connectivity index (χ0v) is 9.71. The summed E-state index contributed by atoms with van der Waals surface area (Å²) in [5.74, 6) is -0.0723. The molecule has 0 bridgehead atoms. The van der Waals surface area contributed by atoms with E-state index in [1.165, 1.54) is 0 Å². The van der Waals surface area contributed by atoms with E-state index < -0.39 is 5.41 Å². The zero-order chi connectivity index (χ0) is 11.5. The van der Waals surface area contributed by atoms with Gasteiger partial charge in [0.2, 0.25) is 0 Å². The summed E-state index contributed by atoms with van der Waals surface area (Å²) in [5, 5.41) is 8.95. The summed E-state index contributed by atoms with van der Waals surface area (Å²) in [5.41, 5.74) is -0.189. The van der Waals surface area contributed by atoms with E-state index >= 15 is 0 Å². The number of hydrogen-bond acceptors (Lipinski definition) is 3. The maximum atomic E-state index is 11.9. The largest absolute Gasteiger partial charge is 0.376 e. The van der Waals surface area contributed by atoms with Crippen molar-refractivity contribution in [3.8, 4) is 6.07 Å². The fraction of sp³-hybridized carbons (Fsp3) is 0.667. The predicted octanol–water partition coefficient (Wildman–Crippen LogP) is 2.10. The molecule has 1 heterocycles. The van der Waals surface area contributed by atoms with E-state index in [9.17, 15) is 4.79 Å².